The van der Waals surface area contributed by atoms with Gasteiger partial charge in [0.2, 0.25) is 5.95 Å². The Kier molecular flexibility index (Phi) is 2.50. The fraction of sp³-hybridized carbons (Fsp3) is 0.0769. The number of hydrogen-bond donors (Lipinski definition) is 1. The molecule has 0 spiro atoms. The molecule has 0 atom stereocenters. The van der Waals surface area contributed by atoms with Crippen LogP contribution in [-0.4, -0.2) is 17.4 Å². The summed E-state index contributed by atoms with van der Waals surface area (Å²) in [4.78, 5) is 2.80. The summed E-state index contributed by atoms with van der Waals surface area (Å²) in [6, 6.07) is 9.12. The molecule has 0 aliphatic rings. The van der Waals surface area contributed by atoms with Gasteiger partial charge in [0.25, 0.3) is 10.0 Å². The molecule has 19 heavy (non-hydrogen) atoms. The van der Waals surface area contributed by atoms with Crippen LogP contribution in [0.1, 0.15) is 5.56 Å². The second kappa shape index (κ2) is 3.96. The van der Waals surface area contributed by atoms with Crippen LogP contribution in [0.25, 0.3) is 11.0 Å². The van der Waals surface area contributed by atoms with Gasteiger partial charge in [-0.1, -0.05) is 17.7 Å². The number of H-pyrrole nitrogens is 1. The summed E-state index contributed by atoms with van der Waals surface area (Å²) in [5, 5.41) is 0.521. The molecule has 2 heterocycles. The van der Waals surface area contributed by atoms with Gasteiger partial charge in [-0.05, 0) is 25.1 Å². The van der Waals surface area contributed by atoms with Gasteiger partial charge in [0, 0.05) is 17.6 Å². The highest BCUT2D eigenvalue weighted by Gasteiger charge is 2.23. The second-order valence-corrected chi connectivity index (χ2v) is 6.12. The van der Waals surface area contributed by atoms with Crippen LogP contribution in [-0.2, 0) is 10.0 Å². The lowest BCUT2D eigenvalue weighted by Gasteiger charge is -2.07. The van der Waals surface area contributed by atoms with Gasteiger partial charge in [-0.3, -0.25) is 0 Å². The van der Waals surface area contributed by atoms with E-state index in [4.69, 9.17) is 0 Å². The molecule has 0 radical (unpaired) electrons. The number of aromatic amines is 1. The lowest BCUT2D eigenvalue weighted by molar-refractivity contribution is 0.545. The Morgan fingerprint density at radius 1 is 1.16 bits per heavy atom. The predicted molar refractivity (Wildman–Crippen MR) is 70.0 cm³/mol. The van der Waals surface area contributed by atoms with Crippen molar-refractivity contribution in [2.45, 2.75) is 11.8 Å². The van der Waals surface area contributed by atoms with E-state index in [0.29, 0.717) is 9.36 Å². The van der Waals surface area contributed by atoms with Crippen molar-refractivity contribution in [1.29, 1.82) is 0 Å². The van der Waals surface area contributed by atoms with E-state index in [9.17, 15) is 12.8 Å². The number of fused-ring (bicyclic) bond motifs is 1. The molecule has 0 bridgehead atoms. The quantitative estimate of drug-likeness (QED) is 0.783. The topological polar surface area (TPSA) is 54.9 Å². The lowest BCUT2D eigenvalue weighted by atomic mass is 10.2. The summed E-state index contributed by atoms with van der Waals surface area (Å²) in [6.07, 6.45) is 1.57. The molecule has 0 aliphatic carbocycles. The van der Waals surface area contributed by atoms with E-state index < -0.39 is 16.0 Å². The van der Waals surface area contributed by atoms with E-state index in [1.54, 1.807) is 24.4 Å². The molecule has 1 N–H and O–H groups in total. The number of nitrogens with one attached hydrogen (secondary N) is 1. The Bertz CT molecular complexity index is 845. The maximum Gasteiger partial charge on any atom is 0.271 e. The highest BCUT2D eigenvalue weighted by molar-refractivity contribution is 7.90. The van der Waals surface area contributed by atoms with Gasteiger partial charge in [-0.2, -0.15) is 8.36 Å². The molecule has 2 aromatic heterocycles. The Balaban J connectivity index is 2.27. The van der Waals surface area contributed by atoms with Crippen LogP contribution in [0.3, 0.4) is 0 Å². The predicted octanol–water partition coefficient (Wildman–Crippen LogP) is 2.65. The van der Waals surface area contributed by atoms with Gasteiger partial charge < -0.3 is 4.98 Å². The zero-order chi connectivity index (χ0) is 13.6. The summed E-state index contributed by atoms with van der Waals surface area (Å²) in [6.45, 7) is 1.86. The third-order valence-corrected chi connectivity index (χ3v) is 4.69. The SMILES string of the molecule is Cc1ccc(S(=O)(=O)n2c(F)cc3cc[nH]c32)cc1. The van der Waals surface area contributed by atoms with Crippen LogP contribution in [0.2, 0.25) is 0 Å². The Hall–Kier alpha value is -2.08. The molecule has 3 aromatic rings. The summed E-state index contributed by atoms with van der Waals surface area (Å²) >= 11 is 0. The number of benzene rings is 1. The third-order valence-electron chi connectivity index (χ3n) is 2.99. The third kappa shape index (κ3) is 1.76. The summed E-state index contributed by atoms with van der Waals surface area (Å²) in [5.41, 5.74) is 1.18. The minimum absolute atomic E-state index is 0.0594. The monoisotopic (exact) mass is 278 g/mol. The fourth-order valence-electron chi connectivity index (χ4n) is 2.01. The molecular formula is C13H11FN2O2S. The van der Waals surface area contributed by atoms with Gasteiger partial charge in [-0.15, -0.1) is 0 Å². The molecule has 0 fully saturated rings. The highest BCUT2D eigenvalue weighted by atomic mass is 32.2. The highest BCUT2D eigenvalue weighted by Crippen LogP contribution is 2.23. The molecule has 3 rings (SSSR count). The molecule has 98 valence electrons. The van der Waals surface area contributed by atoms with Crippen molar-refractivity contribution in [2.24, 2.45) is 0 Å². The van der Waals surface area contributed by atoms with Gasteiger partial charge in [0.1, 0.15) is 5.65 Å². The number of hydrogen-bond acceptors (Lipinski definition) is 2. The number of rotatable bonds is 2. The van der Waals surface area contributed by atoms with Crippen molar-refractivity contribution in [3.63, 3.8) is 0 Å². The molecule has 0 saturated carbocycles. The van der Waals surface area contributed by atoms with E-state index in [2.05, 4.69) is 4.98 Å². The Morgan fingerprint density at radius 2 is 1.84 bits per heavy atom. The van der Waals surface area contributed by atoms with Crippen molar-refractivity contribution >= 4 is 21.1 Å². The number of aromatic nitrogens is 2. The molecule has 0 unspecified atom stereocenters. The average molecular weight is 278 g/mol. The summed E-state index contributed by atoms with van der Waals surface area (Å²) in [7, 11) is -3.93. The number of aryl methyl sites for hydroxylation is 1. The Morgan fingerprint density at radius 3 is 2.53 bits per heavy atom. The van der Waals surface area contributed by atoms with Crippen molar-refractivity contribution in [2.75, 3.05) is 0 Å². The molecule has 1 aromatic carbocycles. The smallest absolute Gasteiger partial charge is 0.271 e. The molecule has 0 amide bonds. The zero-order valence-electron chi connectivity index (χ0n) is 10.1. The van der Waals surface area contributed by atoms with Crippen LogP contribution in [0.5, 0.6) is 0 Å². The van der Waals surface area contributed by atoms with E-state index >= 15 is 0 Å². The first-order chi connectivity index (χ1) is 9.00. The first-order valence-corrected chi connectivity index (χ1v) is 7.11. The van der Waals surface area contributed by atoms with Crippen LogP contribution < -0.4 is 0 Å². The van der Waals surface area contributed by atoms with Crippen LogP contribution in [0.15, 0.2) is 47.5 Å². The molecule has 6 heteroatoms. The van der Waals surface area contributed by atoms with Crippen molar-refractivity contribution in [1.82, 2.24) is 8.96 Å². The molecule has 0 aliphatic heterocycles. The average Bonchev–Trinajstić information content (AvgIpc) is 2.88. The first kappa shape index (κ1) is 12.0. The lowest BCUT2D eigenvalue weighted by Crippen LogP contribution is -2.15. The number of nitrogens with zero attached hydrogens (tertiary/aromatic N) is 1. The largest absolute Gasteiger partial charge is 0.347 e. The Labute approximate surface area is 109 Å². The normalized spacial score (nSPS) is 12.1. The van der Waals surface area contributed by atoms with E-state index in [0.717, 1.165) is 5.56 Å². The minimum atomic E-state index is -3.93. The van der Waals surface area contributed by atoms with Gasteiger partial charge in [-0.25, -0.2) is 8.42 Å². The molecular weight excluding hydrogens is 267 g/mol. The summed E-state index contributed by atoms with van der Waals surface area (Å²) in [5.74, 6) is -0.803. The van der Waals surface area contributed by atoms with Crippen LogP contribution >= 0.6 is 0 Å². The fourth-order valence-corrected chi connectivity index (χ4v) is 3.38. The van der Waals surface area contributed by atoms with Gasteiger partial charge in [0.05, 0.1) is 4.90 Å². The van der Waals surface area contributed by atoms with Gasteiger partial charge >= 0.3 is 0 Å². The first-order valence-electron chi connectivity index (χ1n) is 5.67. The molecule has 0 saturated heterocycles. The van der Waals surface area contributed by atoms with Crippen molar-refractivity contribution in [3.8, 4) is 0 Å². The van der Waals surface area contributed by atoms with Crippen molar-refractivity contribution < 1.29 is 12.8 Å². The van der Waals surface area contributed by atoms with Crippen LogP contribution in [0, 0.1) is 12.9 Å². The maximum absolute atomic E-state index is 13.9. The second-order valence-electron chi connectivity index (χ2n) is 4.33. The van der Waals surface area contributed by atoms with Gasteiger partial charge in [0.15, 0.2) is 0 Å². The van der Waals surface area contributed by atoms with E-state index in [-0.39, 0.29) is 10.5 Å². The number of halogens is 1. The maximum atomic E-state index is 13.9. The zero-order valence-corrected chi connectivity index (χ0v) is 10.9. The van der Waals surface area contributed by atoms with E-state index in [1.165, 1.54) is 18.2 Å². The van der Waals surface area contributed by atoms with E-state index in [1.807, 2.05) is 6.92 Å². The standard InChI is InChI=1S/C13H11FN2O2S/c1-9-2-4-11(5-3-9)19(17,18)16-12(14)8-10-6-7-15-13(10)16/h2-8,15H,1H3. The molecule has 4 nitrogen and oxygen atoms in total. The minimum Gasteiger partial charge on any atom is -0.347 e. The van der Waals surface area contributed by atoms with Crippen molar-refractivity contribution in [3.05, 3.63) is 54.1 Å². The summed E-state index contributed by atoms with van der Waals surface area (Å²) < 4.78 is 39.4. The van der Waals surface area contributed by atoms with Crippen LogP contribution in [0.4, 0.5) is 4.39 Å².